The normalized spacial score (nSPS) is 13.9. The molecule has 1 aromatic heterocycles. The second-order valence-electron chi connectivity index (χ2n) is 5.09. The highest BCUT2D eigenvalue weighted by atomic mass is 16.3. The highest BCUT2D eigenvalue weighted by Crippen LogP contribution is 2.36. The van der Waals surface area contributed by atoms with Crippen molar-refractivity contribution in [2.24, 2.45) is 5.18 Å². The molecule has 0 amide bonds. The molecule has 1 aliphatic heterocycles. The van der Waals surface area contributed by atoms with Crippen LogP contribution in [0.25, 0.3) is 0 Å². The van der Waals surface area contributed by atoms with E-state index < -0.39 is 0 Å². The van der Waals surface area contributed by atoms with Gasteiger partial charge < -0.3 is 4.90 Å². The summed E-state index contributed by atoms with van der Waals surface area (Å²) < 4.78 is 0. The highest BCUT2D eigenvalue weighted by molar-refractivity contribution is 5.70. The molecule has 0 atom stereocenters. The number of anilines is 2. The Morgan fingerprint density at radius 2 is 2.20 bits per heavy atom. The van der Waals surface area contributed by atoms with Gasteiger partial charge in [-0.1, -0.05) is 23.4 Å². The van der Waals surface area contributed by atoms with E-state index in [9.17, 15) is 4.91 Å². The first-order chi connectivity index (χ1) is 9.81. The molecule has 0 saturated heterocycles. The Morgan fingerprint density at radius 3 is 2.95 bits per heavy atom. The molecule has 0 fully saturated rings. The molecule has 2 aromatic rings. The van der Waals surface area contributed by atoms with E-state index in [-0.39, 0.29) is 6.54 Å². The van der Waals surface area contributed by atoms with Crippen molar-refractivity contribution in [3.8, 4) is 0 Å². The Hall–Kier alpha value is -2.23. The van der Waals surface area contributed by atoms with Gasteiger partial charge in [0.1, 0.15) is 12.4 Å². The van der Waals surface area contributed by atoms with Crippen molar-refractivity contribution in [3.05, 3.63) is 58.1 Å². The van der Waals surface area contributed by atoms with Crippen LogP contribution in [-0.4, -0.2) is 11.5 Å². The Balaban J connectivity index is 2.11. The van der Waals surface area contributed by atoms with Crippen LogP contribution in [0.2, 0.25) is 0 Å². The molecule has 0 N–H and O–H groups in total. The van der Waals surface area contributed by atoms with E-state index in [4.69, 9.17) is 0 Å². The third kappa shape index (κ3) is 2.18. The predicted octanol–water partition coefficient (Wildman–Crippen LogP) is 3.74. The minimum atomic E-state index is 0.231. The number of hydrogen-bond acceptors (Lipinski definition) is 4. The van der Waals surface area contributed by atoms with Crippen molar-refractivity contribution < 1.29 is 0 Å². The fraction of sp³-hybridized carbons (Fsp3) is 0.312. The van der Waals surface area contributed by atoms with Gasteiger partial charge in [-0.25, -0.2) is 4.98 Å². The number of benzene rings is 1. The van der Waals surface area contributed by atoms with E-state index in [1.165, 1.54) is 11.3 Å². The van der Waals surface area contributed by atoms with Gasteiger partial charge >= 0.3 is 0 Å². The lowest BCUT2D eigenvalue weighted by Crippen LogP contribution is -2.26. The molecular formula is C16H17N3O. The average molecular weight is 267 g/mol. The standard InChI is InChI=1S/C16H17N3O/c1-12-14(11-18-20)8-7-13-5-4-10-19(16(12)13)15-6-2-3-9-17-15/h2-3,6-9H,4-5,10-11H2,1H3. The fourth-order valence-corrected chi connectivity index (χ4v) is 2.90. The third-order valence-electron chi connectivity index (χ3n) is 3.89. The summed E-state index contributed by atoms with van der Waals surface area (Å²) in [6.07, 6.45) is 4.01. The SMILES string of the molecule is Cc1c(CN=O)ccc2c1N(c1ccccn1)CCC2. The maximum atomic E-state index is 10.6. The van der Waals surface area contributed by atoms with Crippen LogP contribution >= 0.6 is 0 Å². The van der Waals surface area contributed by atoms with Crippen LogP contribution in [0.1, 0.15) is 23.1 Å². The number of hydrogen-bond donors (Lipinski definition) is 0. The lowest BCUT2D eigenvalue weighted by molar-refractivity contribution is 0.754. The van der Waals surface area contributed by atoms with E-state index in [2.05, 4.69) is 28.1 Å². The molecule has 20 heavy (non-hydrogen) atoms. The summed E-state index contributed by atoms with van der Waals surface area (Å²) in [5.41, 5.74) is 4.68. The lowest BCUT2D eigenvalue weighted by Gasteiger charge is -2.32. The van der Waals surface area contributed by atoms with Gasteiger partial charge in [0.05, 0.1) is 0 Å². The summed E-state index contributed by atoms with van der Waals surface area (Å²) in [7, 11) is 0. The van der Waals surface area contributed by atoms with E-state index in [0.29, 0.717) is 0 Å². The molecule has 0 aliphatic carbocycles. The molecule has 4 heteroatoms. The summed E-state index contributed by atoms with van der Waals surface area (Å²) in [5.74, 6) is 0.966. The molecule has 0 bridgehead atoms. The van der Waals surface area contributed by atoms with Crippen LogP contribution < -0.4 is 4.90 Å². The number of nitroso groups, excluding NO2 is 1. The second kappa shape index (κ2) is 5.41. The van der Waals surface area contributed by atoms with E-state index >= 15 is 0 Å². The van der Waals surface area contributed by atoms with Gasteiger partial charge in [-0.15, -0.1) is 0 Å². The molecule has 102 valence electrons. The van der Waals surface area contributed by atoms with Gasteiger partial charge in [-0.05, 0) is 48.6 Å². The third-order valence-corrected chi connectivity index (χ3v) is 3.89. The first-order valence-electron chi connectivity index (χ1n) is 6.90. The van der Waals surface area contributed by atoms with Gasteiger partial charge in [-0.2, -0.15) is 4.91 Å². The summed E-state index contributed by atoms with van der Waals surface area (Å²) in [4.78, 5) is 17.3. The Labute approximate surface area is 118 Å². The molecule has 0 radical (unpaired) electrons. The molecule has 1 aliphatic rings. The van der Waals surface area contributed by atoms with Gasteiger partial charge in [0.15, 0.2) is 0 Å². The molecule has 0 unspecified atom stereocenters. The Kier molecular flexibility index (Phi) is 3.46. The van der Waals surface area contributed by atoms with Crippen LogP contribution in [0.3, 0.4) is 0 Å². The van der Waals surface area contributed by atoms with Gasteiger partial charge in [0, 0.05) is 18.4 Å². The van der Waals surface area contributed by atoms with E-state index in [1.807, 2.05) is 30.5 Å². The van der Waals surface area contributed by atoms with Crippen LogP contribution in [0, 0.1) is 11.8 Å². The van der Waals surface area contributed by atoms with Crippen LogP contribution in [0.5, 0.6) is 0 Å². The zero-order chi connectivity index (χ0) is 13.9. The summed E-state index contributed by atoms with van der Waals surface area (Å²) in [5, 5.41) is 3.03. The van der Waals surface area contributed by atoms with Crippen molar-refractivity contribution in [1.82, 2.24) is 4.98 Å². The monoisotopic (exact) mass is 267 g/mol. The fourth-order valence-electron chi connectivity index (χ4n) is 2.90. The van der Waals surface area contributed by atoms with Crippen molar-refractivity contribution in [3.63, 3.8) is 0 Å². The highest BCUT2D eigenvalue weighted by Gasteiger charge is 2.22. The van der Waals surface area contributed by atoms with Crippen molar-refractivity contribution >= 4 is 11.5 Å². The second-order valence-corrected chi connectivity index (χ2v) is 5.09. The summed E-state index contributed by atoms with van der Waals surface area (Å²) in [6.45, 7) is 3.26. The van der Waals surface area contributed by atoms with Gasteiger partial charge in [0.2, 0.25) is 0 Å². The lowest BCUT2D eigenvalue weighted by atomic mass is 9.94. The van der Waals surface area contributed by atoms with E-state index in [1.54, 1.807) is 0 Å². The minimum Gasteiger partial charge on any atom is -0.326 e. The van der Waals surface area contributed by atoms with Crippen molar-refractivity contribution in [2.45, 2.75) is 26.3 Å². The molecule has 3 rings (SSSR count). The smallest absolute Gasteiger partial charge is 0.132 e. The maximum absolute atomic E-state index is 10.6. The van der Waals surface area contributed by atoms with Crippen molar-refractivity contribution in [2.75, 3.05) is 11.4 Å². The number of aromatic nitrogens is 1. The Bertz CT molecular complexity index is 625. The number of aryl methyl sites for hydroxylation is 1. The average Bonchev–Trinajstić information content (AvgIpc) is 2.51. The Morgan fingerprint density at radius 1 is 1.30 bits per heavy atom. The predicted molar refractivity (Wildman–Crippen MR) is 80.2 cm³/mol. The molecule has 1 aromatic carbocycles. The zero-order valence-electron chi connectivity index (χ0n) is 11.5. The number of nitrogens with zero attached hydrogens (tertiary/aromatic N) is 3. The first kappa shape index (κ1) is 12.8. The first-order valence-corrected chi connectivity index (χ1v) is 6.90. The van der Waals surface area contributed by atoms with Crippen LogP contribution in [0.15, 0.2) is 41.7 Å². The number of fused-ring (bicyclic) bond motifs is 1. The quantitative estimate of drug-likeness (QED) is 0.796. The molecule has 4 nitrogen and oxygen atoms in total. The van der Waals surface area contributed by atoms with Crippen molar-refractivity contribution in [1.29, 1.82) is 0 Å². The molecule has 0 spiro atoms. The van der Waals surface area contributed by atoms with Crippen LogP contribution in [-0.2, 0) is 13.0 Å². The van der Waals surface area contributed by atoms with Gasteiger partial charge in [-0.3, -0.25) is 0 Å². The minimum absolute atomic E-state index is 0.231. The van der Waals surface area contributed by atoms with Gasteiger partial charge in [0.25, 0.3) is 0 Å². The summed E-state index contributed by atoms with van der Waals surface area (Å²) in [6, 6.07) is 10.1. The summed E-state index contributed by atoms with van der Waals surface area (Å²) >= 11 is 0. The molecule has 2 heterocycles. The number of pyridine rings is 1. The number of rotatable bonds is 3. The van der Waals surface area contributed by atoms with Crippen LogP contribution in [0.4, 0.5) is 11.5 Å². The van der Waals surface area contributed by atoms with E-state index in [0.717, 1.165) is 36.3 Å². The molecular weight excluding hydrogens is 250 g/mol. The zero-order valence-corrected chi connectivity index (χ0v) is 11.5. The molecule has 0 saturated carbocycles. The topological polar surface area (TPSA) is 45.6 Å². The largest absolute Gasteiger partial charge is 0.326 e. The maximum Gasteiger partial charge on any atom is 0.132 e.